The average Bonchev–Trinajstić information content (AvgIpc) is 3.02. The highest BCUT2D eigenvalue weighted by atomic mass is 32.1. The van der Waals surface area contributed by atoms with E-state index in [2.05, 4.69) is 40.6 Å². The van der Waals surface area contributed by atoms with Gasteiger partial charge in [-0.1, -0.05) is 6.92 Å². The van der Waals surface area contributed by atoms with E-state index in [0.29, 0.717) is 0 Å². The standard InChI is InChI=1S/C14H21N3OS/c1-3-5-15-7-14-12(4-6-18-14)8-17(2)9-13-10-19-11-16-13/h4,6,10-11,15H,3,5,7-9H2,1-2H3. The van der Waals surface area contributed by atoms with Crippen molar-refractivity contribution in [3.05, 3.63) is 40.2 Å². The molecule has 0 radical (unpaired) electrons. The van der Waals surface area contributed by atoms with Crippen LogP contribution < -0.4 is 5.32 Å². The Hall–Kier alpha value is -1.17. The minimum Gasteiger partial charge on any atom is -0.468 e. The molecule has 104 valence electrons. The average molecular weight is 279 g/mol. The molecule has 0 fully saturated rings. The summed E-state index contributed by atoms with van der Waals surface area (Å²) in [5, 5.41) is 5.47. The van der Waals surface area contributed by atoms with Gasteiger partial charge in [-0.15, -0.1) is 11.3 Å². The van der Waals surface area contributed by atoms with Crippen molar-refractivity contribution >= 4 is 11.3 Å². The third-order valence-corrected chi connectivity index (χ3v) is 3.54. The lowest BCUT2D eigenvalue weighted by molar-refractivity contribution is 0.311. The van der Waals surface area contributed by atoms with Crippen LogP contribution in [0, 0.1) is 0 Å². The van der Waals surface area contributed by atoms with Gasteiger partial charge in [0.2, 0.25) is 0 Å². The zero-order valence-corrected chi connectivity index (χ0v) is 12.4. The molecule has 0 atom stereocenters. The van der Waals surface area contributed by atoms with Crippen molar-refractivity contribution in [1.29, 1.82) is 0 Å². The lowest BCUT2D eigenvalue weighted by Crippen LogP contribution is -2.19. The molecule has 2 aromatic heterocycles. The van der Waals surface area contributed by atoms with E-state index in [1.54, 1.807) is 17.6 Å². The van der Waals surface area contributed by atoms with Crippen LogP contribution in [-0.2, 0) is 19.6 Å². The van der Waals surface area contributed by atoms with E-state index >= 15 is 0 Å². The normalized spacial score (nSPS) is 11.3. The molecular weight excluding hydrogens is 258 g/mol. The molecular formula is C14H21N3OS. The van der Waals surface area contributed by atoms with E-state index in [1.807, 2.05) is 5.51 Å². The van der Waals surface area contributed by atoms with Crippen LogP contribution >= 0.6 is 11.3 Å². The number of aromatic nitrogens is 1. The lowest BCUT2D eigenvalue weighted by atomic mass is 10.2. The molecule has 0 aliphatic carbocycles. The Labute approximate surface area is 118 Å². The minimum absolute atomic E-state index is 0.806. The van der Waals surface area contributed by atoms with Crippen molar-refractivity contribution < 1.29 is 4.42 Å². The molecule has 19 heavy (non-hydrogen) atoms. The number of thiazole rings is 1. The van der Waals surface area contributed by atoms with Crippen molar-refractivity contribution in [2.75, 3.05) is 13.6 Å². The molecule has 0 spiro atoms. The van der Waals surface area contributed by atoms with E-state index in [9.17, 15) is 0 Å². The molecule has 0 bridgehead atoms. The van der Waals surface area contributed by atoms with Crippen LogP contribution in [0.25, 0.3) is 0 Å². The van der Waals surface area contributed by atoms with Gasteiger partial charge in [-0.2, -0.15) is 0 Å². The Kier molecular flexibility index (Phi) is 5.57. The van der Waals surface area contributed by atoms with Crippen molar-refractivity contribution in [2.24, 2.45) is 0 Å². The maximum Gasteiger partial charge on any atom is 0.122 e. The summed E-state index contributed by atoms with van der Waals surface area (Å²) in [4.78, 5) is 6.56. The predicted molar refractivity (Wildman–Crippen MR) is 78.0 cm³/mol. The first-order chi connectivity index (χ1) is 9.29. The van der Waals surface area contributed by atoms with Crippen LogP contribution in [-0.4, -0.2) is 23.5 Å². The monoisotopic (exact) mass is 279 g/mol. The third-order valence-electron chi connectivity index (χ3n) is 2.91. The molecule has 0 aliphatic heterocycles. The fourth-order valence-corrected chi connectivity index (χ4v) is 2.53. The summed E-state index contributed by atoms with van der Waals surface area (Å²) in [5.74, 6) is 1.04. The van der Waals surface area contributed by atoms with Gasteiger partial charge in [0, 0.05) is 24.0 Å². The largest absolute Gasteiger partial charge is 0.468 e. The summed E-state index contributed by atoms with van der Waals surface area (Å²) in [5.41, 5.74) is 4.25. The fourth-order valence-electron chi connectivity index (χ4n) is 1.98. The summed E-state index contributed by atoms with van der Waals surface area (Å²) in [6.07, 6.45) is 2.91. The second-order valence-electron chi connectivity index (χ2n) is 4.70. The van der Waals surface area contributed by atoms with Crippen molar-refractivity contribution in [1.82, 2.24) is 15.2 Å². The van der Waals surface area contributed by atoms with Gasteiger partial charge in [0.15, 0.2) is 0 Å². The topological polar surface area (TPSA) is 41.3 Å². The molecule has 4 nitrogen and oxygen atoms in total. The molecule has 0 unspecified atom stereocenters. The van der Waals surface area contributed by atoms with Crippen LogP contribution in [0.15, 0.2) is 27.6 Å². The maximum atomic E-state index is 5.54. The highest BCUT2D eigenvalue weighted by Gasteiger charge is 2.09. The van der Waals surface area contributed by atoms with Gasteiger partial charge in [0.1, 0.15) is 5.76 Å². The zero-order valence-electron chi connectivity index (χ0n) is 11.6. The second kappa shape index (κ2) is 7.43. The second-order valence-corrected chi connectivity index (χ2v) is 5.42. The molecule has 5 heteroatoms. The fraction of sp³-hybridized carbons (Fsp3) is 0.500. The summed E-state index contributed by atoms with van der Waals surface area (Å²) < 4.78 is 5.54. The van der Waals surface area contributed by atoms with Gasteiger partial charge >= 0.3 is 0 Å². The predicted octanol–water partition coefficient (Wildman–Crippen LogP) is 2.87. The van der Waals surface area contributed by atoms with Gasteiger partial charge in [-0.3, -0.25) is 4.90 Å². The number of rotatable bonds is 8. The minimum atomic E-state index is 0.806. The molecule has 2 rings (SSSR count). The van der Waals surface area contributed by atoms with Crippen molar-refractivity contribution in [2.45, 2.75) is 33.0 Å². The number of furan rings is 1. The van der Waals surface area contributed by atoms with Crippen molar-refractivity contribution in [3.63, 3.8) is 0 Å². The third kappa shape index (κ3) is 4.45. The quantitative estimate of drug-likeness (QED) is 0.754. The number of nitrogens with one attached hydrogen (secondary N) is 1. The molecule has 0 aliphatic rings. The molecule has 2 heterocycles. The Bertz CT molecular complexity index is 467. The van der Waals surface area contributed by atoms with Crippen molar-refractivity contribution in [3.8, 4) is 0 Å². The Morgan fingerprint density at radius 2 is 2.32 bits per heavy atom. The van der Waals surface area contributed by atoms with E-state index in [4.69, 9.17) is 4.42 Å². The van der Waals surface area contributed by atoms with Crippen LogP contribution in [0.5, 0.6) is 0 Å². The molecule has 0 saturated heterocycles. The highest BCUT2D eigenvalue weighted by Crippen LogP contribution is 2.14. The molecule has 0 saturated carbocycles. The van der Waals surface area contributed by atoms with E-state index < -0.39 is 0 Å². The Balaban J connectivity index is 1.86. The Morgan fingerprint density at radius 1 is 1.42 bits per heavy atom. The first-order valence-electron chi connectivity index (χ1n) is 6.61. The summed E-state index contributed by atoms with van der Waals surface area (Å²) in [6.45, 7) is 5.75. The summed E-state index contributed by atoms with van der Waals surface area (Å²) in [6, 6.07) is 2.06. The molecule has 1 N–H and O–H groups in total. The van der Waals surface area contributed by atoms with Crippen LogP contribution in [0.1, 0.15) is 30.4 Å². The summed E-state index contributed by atoms with van der Waals surface area (Å²) in [7, 11) is 2.11. The maximum absolute atomic E-state index is 5.54. The number of nitrogens with zero attached hydrogens (tertiary/aromatic N) is 2. The van der Waals surface area contributed by atoms with Crippen LogP contribution in [0.3, 0.4) is 0 Å². The van der Waals surface area contributed by atoms with E-state index in [0.717, 1.165) is 44.1 Å². The summed E-state index contributed by atoms with van der Waals surface area (Å²) >= 11 is 1.64. The van der Waals surface area contributed by atoms with Gasteiger partial charge in [-0.05, 0) is 26.1 Å². The zero-order chi connectivity index (χ0) is 13.5. The van der Waals surface area contributed by atoms with Gasteiger partial charge in [0.25, 0.3) is 0 Å². The SMILES string of the molecule is CCCNCc1occc1CN(C)Cc1cscn1. The molecule has 0 amide bonds. The number of hydrogen-bond donors (Lipinski definition) is 1. The van der Waals surface area contributed by atoms with Gasteiger partial charge in [-0.25, -0.2) is 4.98 Å². The molecule has 0 aromatic carbocycles. The first kappa shape index (κ1) is 14.2. The lowest BCUT2D eigenvalue weighted by Gasteiger charge is -2.15. The Morgan fingerprint density at radius 3 is 3.05 bits per heavy atom. The van der Waals surface area contributed by atoms with E-state index in [1.165, 1.54) is 5.56 Å². The number of hydrogen-bond acceptors (Lipinski definition) is 5. The smallest absolute Gasteiger partial charge is 0.122 e. The van der Waals surface area contributed by atoms with E-state index in [-0.39, 0.29) is 0 Å². The van der Waals surface area contributed by atoms with Crippen LogP contribution in [0.2, 0.25) is 0 Å². The highest BCUT2D eigenvalue weighted by molar-refractivity contribution is 7.07. The first-order valence-corrected chi connectivity index (χ1v) is 7.55. The van der Waals surface area contributed by atoms with Gasteiger partial charge in [0.05, 0.1) is 24.0 Å². The van der Waals surface area contributed by atoms with Crippen LogP contribution in [0.4, 0.5) is 0 Å². The van der Waals surface area contributed by atoms with Gasteiger partial charge < -0.3 is 9.73 Å². The molecule has 2 aromatic rings.